The fraction of sp³-hybridized carbons (Fsp3) is 0.933. The van der Waals surface area contributed by atoms with Crippen molar-refractivity contribution in [2.45, 2.75) is 45.3 Å². The molecule has 1 atom stereocenters. The average molecular weight is 302 g/mol. The number of likely N-dealkylation sites (tertiary alicyclic amines) is 1. The Balaban J connectivity index is 2.26. The zero-order valence-corrected chi connectivity index (χ0v) is 13.8. The molecule has 0 aromatic rings. The van der Waals surface area contributed by atoms with E-state index in [9.17, 15) is 4.79 Å². The van der Waals surface area contributed by atoms with E-state index in [2.05, 4.69) is 0 Å². The molecule has 0 spiro atoms. The van der Waals surface area contributed by atoms with E-state index in [0.29, 0.717) is 38.8 Å². The third kappa shape index (κ3) is 7.11. The van der Waals surface area contributed by atoms with Gasteiger partial charge in [-0.3, -0.25) is 0 Å². The lowest BCUT2D eigenvalue weighted by Gasteiger charge is -2.35. The van der Waals surface area contributed by atoms with Crippen molar-refractivity contribution in [1.29, 1.82) is 0 Å². The van der Waals surface area contributed by atoms with E-state index in [4.69, 9.17) is 19.9 Å². The number of piperidine rings is 1. The Labute approximate surface area is 127 Å². The average Bonchev–Trinajstić information content (AvgIpc) is 2.41. The molecule has 0 aromatic heterocycles. The molecule has 1 aliphatic rings. The summed E-state index contributed by atoms with van der Waals surface area (Å²) in [6.07, 6.45) is 1.56. The van der Waals surface area contributed by atoms with Gasteiger partial charge in [-0.1, -0.05) is 0 Å². The van der Waals surface area contributed by atoms with Gasteiger partial charge in [0.25, 0.3) is 0 Å². The zero-order chi connectivity index (χ0) is 15.9. The Morgan fingerprint density at radius 3 is 2.43 bits per heavy atom. The molecule has 0 saturated carbocycles. The maximum absolute atomic E-state index is 12.0. The highest BCUT2D eigenvalue weighted by atomic mass is 16.6. The number of nitrogens with two attached hydrogens (primary N) is 1. The van der Waals surface area contributed by atoms with E-state index in [1.165, 1.54) is 0 Å². The molecule has 2 N–H and O–H groups in total. The first kappa shape index (κ1) is 18.2. The Kier molecular flexibility index (Phi) is 7.42. The van der Waals surface area contributed by atoms with Crippen LogP contribution in [0.2, 0.25) is 0 Å². The molecule has 21 heavy (non-hydrogen) atoms. The van der Waals surface area contributed by atoms with E-state index in [1.807, 2.05) is 20.8 Å². The van der Waals surface area contributed by atoms with Crippen LogP contribution in [0, 0.1) is 5.92 Å². The number of rotatable bonds is 6. The topological polar surface area (TPSA) is 74.0 Å². The summed E-state index contributed by atoms with van der Waals surface area (Å²) < 4.78 is 15.8. The van der Waals surface area contributed by atoms with Crippen LogP contribution in [0.1, 0.15) is 33.6 Å². The molecule has 1 saturated heterocycles. The van der Waals surface area contributed by atoms with Crippen LogP contribution in [-0.4, -0.2) is 62.7 Å². The van der Waals surface area contributed by atoms with Crippen LogP contribution < -0.4 is 5.73 Å². The molecule has 6 nitrogen and oxygen atoms in total. The highest BCUT2D eigenvalue weighted by Crippen LogP contribution is 2.21. The highest BCUT2D eigenvalue weighted by molar-refractivity contribution is 5.68. The quantitative estimate of drug-likeness (QED) is 0.755. The SMILES string of the molecule is COCCOCC(N)C1CCN(C(=O)OC(C)(C)C)CC1. The smallest absolute Gasteiger partial charge is 0.410 e. The lowest BCUT2D eigenvalue weighted by molar-refractivity contribution is 0.0136. The minimum Gasteiger partial charge on any atom is -0.444 e. The Hall–Kier alpha value is -0.850. The van der Waals surface area contributed by atoms with Gasteiger partial charge in [0, 0.05) is 26.2 Å². The molecule has 1 amide bonds. The number of carbonyl (C=O) groups excluding carboxylic acids is 1. The molecule has 0 bridgehead atoms. The number of methoxy groups -OCH3 is 1. The summed E-state index contributed by atoms with van der Waals surface area (Å²) in [5.74, 6) is 0.395. The van der Waals surface area contributed by atoms with E-state index < -0.39 is 5.60 Å². The maximum Gasteiger partial charge on any atom is 0.410 e. The van der Waals surface area contributed by atoms with Crippen LogP contribution >= 0.6 is 0 Å². The van der Waals surface area contributed by atoms with Gasteiger partial charge < -0.3 is 24.8 Å². The minimum atomic E-state index is -0.445. The summed E-state index contributed by atoms with van der Waals surface area (Å²) in [6, 6.07) is 0.0163. The number of hydrogen-bond acceptors (Lipinski definition) is 5. The third-order valence-corrected chi connectivity index (χ3v) is 3.54. The predicted molar refractivity (Wildman–Crippen MR) is 81.2 cm³/mol. The van der Waals surface area contributed by atoms with Gasteiger partial charge >= 0.3 is 6.09 Å². The monoisotopic (exact) mass is 302 g/mol. The van der Waals surface area contributed by atoms with Crippen LogP contribution in [0.4, 0.5) is 4.79 Å². The normalized spacial score (nSPS) is 18.6. The summed E-state index contributed by atoms with van der Waals surface area (Å²) >= 11 is 0. The molecule has 0 radical (unpaired) electrons. The summed E-state index contributed by atoms with van der Waals surface area (Å²) in [5.41, 5.74) is 5.71. The number of ether oxygens (including phenoxy) is 3. The van der Waals surface area contributed by atoms with Crippen molar-refractivity contribution in [3.8, 4) is 0 Å². The second-order valence-corrected chi connectivity index (χ2v) is 6.54. The summed E-state index contributed by atoms with van der Waals surface area (Å²) in [7, 11) is 1.65. The molecule has 1 aliphatic heterocycles. The fourth-order valence-corrected chi connectivity index (χ4v) is 2.33. The Bertz CT molecular complexity index is 309. The number of hydrogen-bond donors (Lipinski definition) is 1. The first-order valence-electron chi connectivity index (χ1n) is 7.63. The van der Waals surface area contributed by atoms with E-state index in [-0.39, 0.29) is 12.1 Å². The molecule has 6 heteroatoms. The Morgan fingerprint density at radius 2 is 1.90 bits per heavy atom. The van der Waals surface area contributed by atoms with Crippen molar-refractivity contribution in [2.75, 3.05) is 40.0 Å². The van der Waals surface area contributed by atoms with E-state index in [0.717, 1.165) is 12.8 Å². The first-order chi connectivity index (χ1) is 9.83. The van der Waals surface area contributed by atoms with Gasteiger partial charge in [0.15, 0.2) is 0 Å². The lowest BCUT2D eigenvalue weighted by atomic mass is 9.90. The van der Waals surface area contributed by atoms with E-state index in [1.54, 1.807) is 12.0 Å². The van der Waals surface area contributed by atoms with Gasteiger partial charge in [-0.15, -0.1) is 0 Å². The van der Waals surface area contributed by atoms with Crippen molar-refractivity contribution < 1.29 is 19.0 Å². The molecule has 1 heterocycles. The molecule has 1 fully saturated rings. The number of carbonyl (C=O) groups is 1. The van der Waals surface area contributed by atoms with Gasteiger partial charge in [0.2, 0.25) is 0 Å². The summed E-state index contributed by atoms with van der Waals surface area (Å²) in [6.45, 7) is 8.74. The minimum absolute atomic E-state index is 0.0163. The fourth-order valence-electron chi connectivity index (χ4n) is 2.33. The van der Waals surface area contributed by atoms with Crippen molar-refractivity contribution in [1.82, 2.24) is 4.90 Å². The van der Waals surface area contributed by atoms with Gasteiger partial charge in [-0.2, -0.15) is 0 Å². The molecule has 1 unspecified atom stereocenters. The molecule has 0 aliphatic carbocycles. The molecule has 1 rings (SSSR count). The largest absolute Gasteiger partial charge is 0.444 e. The lowest BCUT2D eigenvalue weighted by Crippen LogP contribution is -2.46. The van der Waals surface area contributed by atoms with Gasteiger partial charge in [0.05, 0.1) is 19.8 Å². The number of nitrogens with zero attached hydrogens (tertiary/aromatic N) is 1. The predicted octanol–water partition coefficient (Wildman–Crippen LogP) is 1.62. The second-order valence-electron chi connectivity index (χ2n) is 6.54. The van der Waals surface area contributed by atoms with Crippen LogP contribution in [0.3, 0.4) is 0 Å². The van der Waals surface area contributed by atoms with Crippen LogP contribution in [-0.2, 0) is 14.2 Å². The van der Waals surface area contributed by atoms with Crippen LogP contribution in [0.15, 0.2) is 0 Å². The van der Waals surface area contributed by atoms with Gasteiger partial charge in [-0.05, 0) is 39.5 Å². The second kappa shape index (κ2) is 8.56. The zero-order valence-electron chi connectivity index (χ0n) is 13.8. The highest BCUT2D eigenvalue weighted by Gasteiger charge is 2.29. The van der Waals surface area contributed by atoms with Crippen molar-refractivity contribution in [3.63, 3.8) is 0 Å². The third-order valence-electron chi connectivity index (χ3n) is 3.54. The molecular weight excluding hydrogens is 272 g/mol. The number of amides is 1. The van der Waals surface area contributed by atoms with Crippen LogP contribution in [0.5, 0.6) is 0 Å². The summed E-state index contributed by atoms with van der Waals surface area (Å²) in [4.78, 5) is 13.7. The summed E-state index contributed by atoms with van der Waals surface area (Å²) in [5, 5.41) is 0. The maximum atomic E-state index is 12.0. The molecule has 0 aromatic carbocycles. The first-order valence-corrected chi connectivity index (χ1v) is 7.63. The van der Waals surface area contributed by atoms with Crippen molar-refractivity contribution in [3.05, 3.63) is 0 Å². The molecule has 124 valence electrons. The van der Waals surface area contributed by atoms with E-state index >= 15 is 0 Å². The standard InChI is InChI=1S/C15H30N2O4/c1-15(2,3)21-14(18)17-7-5-12(6-8-17)13(16)11-20-10-9-19-4/h12-13H,5-11,16H2,1-4H3. The van der Waals surface area contributed by atoms with Crippen molar-refractivity contribution in [2.24, 2.45) is 11.7 Å². The Morgan fingerprint density at radius 1 is 1.29 bits per heavy atom. The van der Waals surface area contributed by atoms with Gasteiger partial charge in [-0.25, -0.2) is 4.79 Å². The van der Waals surface area contributed by atoms with Gasteiger partial charge in [0.1, 0.15) is 5.60 Å². The van der Waals surface area contributed by atoms with Crippen LogP contribution in [0.25, 0.3) is 0 Å². The van der Waals surface area contributed by atoms with Crippen molar-refractivity contribution >= 4 is 6.09 Å². The molecular formula is C15H30N2O4.